The Bertz CT molecular complexity index is 684. The number of sulfone groups is 1. The topological polar surface area (TPSA) is 92.6 Å². The van der Waals surface area contributed by atoms with Crippen molar-refractivity contribution in [3.8, 4) is 0 Å². The molecule has 0 saturated carbocycles. The number of anilines is 1. The molecule has 23 heavy (non-hydrogen) atoms. The van der Waals surface area contributed by atoms with Gasteiger partial charge in [-0.05, 0) is 25.3 Å². The van der Waals surface area contributed by atoms with Crippen molar-refractivity contribution in [1.82, 2.24) is 5.32 Å². The molecule has 2 aliphatic rings. The summed E-state index contributed by atoms with van der Waals surface area (Å²) in [5, 5.41) is 14.6. The number of nitro benzene ring substituents is 1. The summed E-state index contributed by atoms with van der Waals surface area (Å²) in [4.78, 5) is 12.8. The van der Waals surface area contributed by atoms with E-state index in [-0.39, 0.29) is 34.2 Å². The zero-order valence-electron chi connectivity index (χ0n) is 12.8. The monoisotopic (exact) mass is 339 g/mol. The van der Waals surface area contributed by atoms with Crippen molar-refractivity contribution >= 4 is 21.2 Å². The lowest BCUT2D eigenvalue weighted by Gasteiger charge is -2.34. The number of hydrogen-bond acceptors (Lipinski definition) is 6. The zero-order valence-corrected chi connectivity index (χ0v) is 13.7. The fourth-order valence-corrected chi connectivity index (χ4v) is 5.12. The van der Waals surface area contributed by atoms with E-state index in [1.807, 2.05) is 11.0 Å². The van der Waals surface area contributed by atoms with Crippen molar-refractivity contribution in [2.45, 2.75) is 31.3 Å². The number of nitrogens with zero attached hydrogens (tertiary/aromatic N) is 2. The average molecular weight is 339 g/mol. The van der Waals surface area contributed by atoms with E-state index in [1.54, 1.807) is 12.1 Å². The van der Waals surface area contributed by atoms with Gasteiger partial charge in [-0.2, -0.15) is 0 Å². The van der Waals surface area contributed by atoms with Crippen molar-refractivity contribution in [2.24, 2.45) is 0 Å². The van der Waals surface area contributed by atoms with Crippen LogP contribution >= 0.6 is 0 Å². The van der Waals surface area contributed by atoms with E-state index in [1.165, 1.54) is 6.07 Å². The lowest BCUT2D eigenvalue weighted by molar-refractivity contribution is -0.384. The number of para-hydroxylation sites is 2. The SMILES string of the molecule is O=[N+]([O-])c1ccccc1N1CCC(N[C@@H]2CCS(=O)(=O)C2)CC1. The van der Waals surface area contributed by atoms with Gasteiger partial charge in [0.1, 0.15) is 5.69 Å². The first-order valence-electron chi connectivity index (χ1n) is 7.89. The van der Waals surface area contributed by atoms with E-state index < -0.39 is 9.84 Å². The first kappa shape index (κ1) is 16.2. The van der Waals surface area contributed by atoms with Crippen LogP contribution in [0.5, 0.6) is 0 Å². The van der Waals surface area contributed by atoms with E-state index >= 15 is 0 Å². The molecule has 1 aromatic rings. The van der Waals surface area contributed by atoms with Gasteiger partial charge in [-0.3, -0.25) is 10.1 Å². The van der Waals surface area contributed by atoms with Crippen molar-refractivity contribution in [1.29, 1.82) is 0 Å². The maximum Gasteiger partial charge on any atom is 0.292 e. The number of piperidine rings is 1. The summed E-state index contributed by atoms with van der Waals surface area (Å²) < 4.78 is 23.0. The quantitative estimate of drug-likeness (QED) is 0.657. The molecule has 126 valence electrons. The Hall–Kier alpha value is -1.67. The minimum absolute atomic E-state index is 0.0580. The molecule has 0 aliphatic carbocycles. The van der Waals surface area contributed by atoms with Crippen LogP contribution in [0.1, 0.15) is 19.3 Å². The molecule has 0 spiro atoms. The summed E-state index contributed by atoms with van der Waals surface area (Å²) in [7, 11) is -2.86. The van der Waals surface area contributed by atoms with E-state index in [0.29, 0.717) is 12.1 Å². The van der Waals surface area contributed by atoms with Gasteiger partial charge in [-0.1, -0.05) is 12.1 Å². The zero-order chi connectivity index (χ0) is 16.4. The molecule has 1 atom stereocenters. The molecule has 2 saturated heterocycles. The minimum atomic E-state index is -2.86. The Labute approximate surface area is 135 Å². The Morgan fingerprint density at radius 3 is 2.43 bits per heavy atom. The summed E-state index contributed by atoms with van der Waals surface area (Å²) in [5.41, 5.74) is 0.806. The van der Waals surface area contributed by atoms with Gasteiger partial charge >= 0.3 is 0 Å². The third kappa shape index (κ3) is 3.81. The summed E-state index contributed by atoms with van der Waals surface area (Å²) in [6.07, 6.45) is 2.41. The summed E-state index contributed by atoms with van der Waals surface area (Å²) in [6.45, 7) is 1.48. The summed E-state index contributed by atoms with van der Waals surface area (Å²) in [6, 6.07) is 7.15. The predicted octanol–water partition coefficient (Wildman–Crippen LogP) is 1.34. The second kappa shape index (κ2) is 6.45. The summed E-state index contributed by atoms with van der Waals surface area (Å²) >= 11 is 0. The highest BCUT2D eigenvalue weighted by molar-refractivity contribution is 7.91. The van der Waals surface area contributed by atoms with Crippen LogP contribution in [-0.2, 0) is 9.84 Å². The molecule has 0 bridgehead atoms. The highest BCUT2D eigenvalue weighted by Crippen LogP contribution is 2.30. The lowest BCUT2D eigenvalue weighted by atomic mass is 10.0. The fourth-order valence-electron chi connectivity index (χ4n) is 3.43. The molecule has 0 aromatic heterocycles. The smallest absolute Gasteiger partial charge is 0.292 e. The molecule has 2 aliphatic heterocycles. The second-order valence-corrected chi connectivity index (χ2v) is 8.50. The minimum Gasteiger partial charge on any atom is -0.366 e. The molecule has 0 amide bonds. The van der Waals surface area contributed by atoms with Gasteiger partial charge < -0.3 is 10.2 Å². The van der Waals surface area contributed by atoms with E-state index in [2.05, 4.69) is 5.32 Å². The number of rotatable bonds is 4. The third-order valence-electron chi connectivity index (χ3n) is 4.62. The van der Waals surface area contributed by atoms with Gasteiger partial charge in [0.15, 0.2) is 9.84 Å². The predicted molar refractivity (Wildman–Crippen MR) is 88.5 cm³/mol. The Morgan fingerprint density at radius 2 is 1.83 bits per heavy atom. The van der Waals surface area contributed by atoms with Gasteiger partial charge in [-0.25, -0.2) is 8.42 Å². The highest BCUT2D eigenvalue weighted by Gasteiger charge is 2.31. The maximum absolute atomic E-state index is 11.5. The Balaban J connectivity index is 1.58. The molecule has 2 fully saturated rings. The number of nitrogens with one attached hydrogen (secondary N) is 1. The Morgan fingerprint density at radius 1 is 1.13 bits per heavy atom. The first-order chi connectivity index (χ1) is 10.9. The molecule has 3 rings (SSSR count). The number of nitro groups is 1. The van der Waals surface area contributed by atoms with Gasteiger partial charge in [0.05, 0.1) is 16.4 Å². The number of benzene rings is 1. The van der Waals surface area contributed by atoms with Crippen LogP contribution in [-0.4, -0.2) is 50.0 Å². The largest absolute Gasteiger partial charge is 0.366 e. The van der Waals surface area contributed by atoms with Crippen molar-refractivity contribution in [3.05, 3.63) is 34.4 Å². The molecule has 0 unspecified atom stereocenters. The van der Waals surface area contributed by atoms with Crippen molar-refractivity contribution in [2.75, 3.05) is 29.5 Å². The van der Waals surface area contributed by atoms with Crippen LogP contribution in [0.3, 0.4) is 0 Å². The van der Waals surface area contributed by atoms with Crippen LogP contribution < -0.4 is 10.2 Å². The maximum atomic E-state index is 11.5. The van der Waals surface area contributed by atoms with Crippen LogP contribution in [0.15, 0.2) is 24.3 Å². The van der Waals surface area contributed by atoms with Crippen LogP contribution in [0.2, 0.25) is 0 Å². The molecule has 0 radical (unpaired) electrons. The van der Waals surface area contributed by atoms with Crippen LogP contribution in [0, 0.1) is 10.1 Å². The van der Waals surface area contributed by atoms with E-state index in [4.69, 9.17) is 0 Å². The van der Waals surface area contributed by atoms with E-state index in [0.717, 1.165) is 25.9 Å². The standard InChI is InChI=1S/C15H21N3O4S/c19-18(20)15-4-2-1-3-14(15)17-8-5-12(6-9-17)16-13-7-10-23(21,22)11-13/h1-4,12-13,16H,5-11H2/t13-/m1/s1. The highest BCUT2D eigenvalue weighted by atomic mass is 32.2. The molecular formula is C15H21N3O4S. The fraction of sp³-hybridized carbons (Fsp3) is 0.600. The Kier molecular flexibility index (Phi) is 4.54. The van der Waals surface area contributed by atoms with E-state index in [9.17, 15) is 18.5 Å². The lowest BCUT2D eigenvalue weighted by Crippen LogP contribution is -2.46. The molecule has 1 N–H and O–H groups in total. The van der Waals surface area contributed by atoms with Gasteiger partial charge in [-0.15, -0.1) is 0 Å². The van der Waals surface area contributed by atoms with Gasteiger partial charge in [0, 0.05) is 31.2 Å². The van der Waals surface area contributed by atoms with Gasteiger partial charge in [0.2, 0.25) is 0 Å². The van der Waals surface area contributed by atoms with Crippen LogP contribution in [0.4, 0.5) is 11.4 Å². The molecule has 2 heterocycles. The molecule has 7 nitrogen and oxygen atoms in total. The van der Waals surface area contributed by atoms with Gasteiger partial charge in [0.25, 0.3) is 5.69 Å². The summed E-state index contributed by atoms with van der Waals surface area (Å²) in [5.74, 6) is 0.511. The normalized spacial score (nSPS) is 24.7. The van der Waals surface area contributed by atoms with Crippen molar-refractivity contribution < 1.29 is 13.3 Å². The van der Waals surface area contributed by atoms with Crippen LogP contribution in [0.25, 0.3) is 0 Å². The average Bonchev–Trinajstić information content (AvgIpc) is 2.87. The first-order valence-corrected chi connectivity index (χ1v) is 9.71. The molecule has 8 heteroatoms. The number of hydrogen-bond donors (Lipinski definition) is 1. The molecule has 1 aromatic carbocycles. The molecular weight excluding hydrogens is 318 g/mol. The third-order valence-corrected chi connectivity index (χ3v) is 6.39. The second-order valence-electron chi connectivity index (χ2n) is 6.27. The van der Waals surface area contributed by atoms with Crippen molar-refractivity contribution in [3.63, 3.8) is 0 Å².